The molecule has 2 unspecified atom stereocenters. The number of carboxylic acid groups (broad SMARTS) is 2. The largest absolute Gasteiger partial charge is 0.471 e. The molecular weight excluding hydrogens is 256 g/mol. The SMILES string of the molecule is CC(O)[N+](C)(C)C(C(=O)O)(C(=O)O)[N+](C)(C)C(C)O. The Labute approximate surface area is 112 Å². The summed E-state index contributed by atoms with van der Waals surface area (Å²) >= 11 is 0. The van der Waals surface area contributed by atoms with Crippen LogP contribution >= 0.6 is 0 Å². The molecule has 0 aromatic heterocycles. The van der Waals surface area contributed by atoms with Crippen LogP contribution in [0.4, 0.5) is 0 Å². The number of carboxylic acids is 2. The number of hydrogen-bond acceptors (Lipinski definition) is 4. The van der Waals surface area contributed by atoms with E-state index in [2.05, 4.69) is 0 Å². The van der Waals surface area contributed by atoms with Crippen molar-refractivity contribution in [2.45, 2.75) is 32.0 Å². The van der Waals surface area contributed by atoms with Crippen LogP contribution in [0.15, 0.2) is 0 Å². The van der Waals surface area contributed by atoms with Gasteiger partial charge in [-0.05, 0) is 0 Å². The molecule has 0 bridgehead atoms. The van der Waals surface area contributed by atoms with Crippen LogP contribution in [-0.4, -0.2) is 87.6 Å². The lowest BCUT2D eigenvalue weighted by Gasteiger charge is -2.52. The fraction of sp³-hybridized carbons (Fsp3) is 0.818. The molecule has 0 amide bonds. The van der Waals surface area contributed by atoms with E-state index >= 15 is 0 Å². The third-order valence-electron chi connectivity index (χ3n) is 4.13. The highest BCUT2D eigenvalue weighted by molar-refractivity contribution is 5.99. The number of hydrogen-bond donors (Lipinski definition) is 4. The Morgan fingerprint density at radius 2 is 1.05 bits per heavy atom. The van der Waals surface area contributed by atoms with E-state index in [1.165, 1.54) is 42.0 Å². The first-order valence-electron chi connectivity index (χ1n) is 5.78. The molecule has 0 aliphatic rings. The first kappa shape index (κ1) is 17.8. The van der Waals surface area contributed by atoms with Crippen molar-refractivity contribution in [3.05, 3.63) is 0 Å². The summed E-state index contributed by atoms with van der Waals surface area (Å²) in [6, 6.07) is 0. The minimum atomic E-state index is -2.46. The molecule has 8 heteroatoms. The minimum Gasteiger partial charge on any atom is -0.471 e. The number of rotatable bonds is 6. The molecule has 0 rings (SSSR count). The lowest BCUT2D eigenvalue weighted by molar-refractivity contribution is -1.15. The van der Waals surface area contributed by atoms with Crippen molar-refractivity contribution in [1.82, 2.24) is 0 Å². The first-order chi connectivity index (χ1) is 8.27. The van der Waals surface area contributed by atoms with E-state index in [1.807, 2.05) is 0 Å². The fourth-order valence-electron chi connectivity index (χ4n) is 2.28. The van der Waals surface area contributed by atoms with Crippen LogP contribution in [0.25, 0.3) is 0 Å². The van der Waals surface area contributed by atoms with Gasteiger partial charge in [0.25, 0.3) is 0 Å². The molecule has 2 atom stereocenters. The molecule has 0 aliphatic carbocycles. The van der Waals surface area contributed by atoms with Crippen LogP contribution in [0.1, 0.15) is 13.8 Å². The van der Waals surface area contributed by atoms with Gasteiger partial charge in [0.05, 0.1) is 28.2 Å². The van der Waals surface area contributed by atoms with Crippen LogP contribution in [0.2, 0.25) is 0 Å². The predicted molar refractivity (Wildman–Crippen MR) is 65.6 cm³/mol. The highest BCUT2D eigenvalue weighted by Gasteiger charge is 2.74. The molecule has 112 valence electrons. The molecule has 19 heavy (non-hydrogen) atoms. The summed E-state index contributed by atoms with van der Waals surface area (Å²) in [5, 5.41) is 38.7. The van der Waals surface area contributed by atoms with Crippen molar-refractivity contribution in [2.24, 2.45) is 0 Å². The maximum atomic E-state index is 11.7. The van der Waals surface area contributed by atoms with Crippen molar-refractivity contribution in [3.8, 4) is 0 Å². The number of aliphatic carboxylic acids is 2. The molecular formula is C11H24N2O6+2. The van der Waals surface area contributed by atoms with Crippen LogP contribution in [0.5, 0.6) is 0 Å². The quantitative estimate of drug-likeness (QED) is 0.272. The number of nitrogens with zero attached hydrogens (tertiary/aromatic N) is 2. The lowest BCUT2D eigenvalue weighted by Crippen LogP contribution is -2.84. The van der Waals surface area contributed by atoms with Crippen LogP contribution in [0, 0.1) is 0 Å². The maximum Gasteiger partial charge on any atom is 0.439 e. The summed E-state index contributed by atoms with van der Waals surface area (Å²) < 4.78 is -1.48. The van der Waals surface area contributed by atoms with Gasteiger partial charge in [-0.1, -0.05) is 0 Å². The minimum absolute atomic E-state index is 0.741. The highest BCUT2D eigenvalue weighted by atomic mass is 16.4. The molecule has 8 nitrogen and oxygen atoms in total. The van der Waals surface area contributed by atoms with Gasteiger partial charge in [-0.25, -0.2) is 18.6 Å². The van der Waals surface area contributed by atoms with E-state index in [4.69, 9.17) is 0 Å². The van der Waals surface area contributed by atoms with Crippen molar-refractivity contribution < 1.29 is 39.0 Å². The van der Waals surface area contributed by atoms with Crippen LogP contribution in [0.3, 0.4) is 0 Å². The van der Waals surface area contributed by atoms with Gasteiger partial charge in [-0.15, -0.1) is 0 Å². The summed E-state index contributed by atoms with van der Waals surface area (Å²) in [5.74, 6) is -3.26. The van der Waals surface area contributed by atoms with Gasteiger partial charge >= 0.3 is 17.6 Å². The van der Waals surface area contributed by atoms with Gasteiger partial charge in [0.15, 0.2) is 12.5 Å². The van der Waals surface area contributed by atoms with Crippen molar-refractivity contribution in [2.75, 3.05) is 28.2 Å². The fourth-order valence-corrected chi connectivity index (χ4v) is 2.28. The number of likely N-dealkylation sites (N-methyl/N-ethyl adjacent to an activating group) is 2. The summed E-state index contributed by atoms with van der Waals surface area (Å²) in [6.45, 7) is 2.62. The summed E-state index contributed by atoms with van der Waals surface area (Å²) in [6.07, 6.45) is -2.52. The second-order valence-corrected chi connectivity index (χ2v) is 5.63. The van der Waals surface area contributed by atoms with E-state index in [0.717, 1.165) is 0 Å². The molecule has 0 radical (unpaired) electrons. The monoisotopic (exact) mass is 280 g/mol. The second kappa shape index (κ2) is 5.04. The van der Waals surface area contributed by atoms with Gasteiger partial charge in [0.2, 0.25) is 0 Å². The summed E-state index contributed by atoms with van der Waals surface area (Å²) in [7, 11) is 5.20. The first-order valence-corrected chi connectivity index (χ1v) is 5.78. The van der Waals surface area contributed by atoms with Crippen LogP contribution in [-0.2, 0) is 9.59 Å². The molecule has 4 N–H and O–H groups in total. The van der Waals surface area contributed by atoms with Crippen LogP contribution < -0.4 is 0 Å². The molecule has 0 saturated heterocycles. The van der Waals surface area contributed by atoms with E-state index in [1.54, 1.807) is 0 Å². The molecule has 0 aliphatic heterocycles. The predicted octanol–water partition coefficient (Wildman–Crippen LogP) is -1.32. The van der Waals surface area contributed by atoms with Gasteiger partial charge in [0, 0.05) is 13.8 Å². The number of aliphatic hydroxyl groups excluding tert-OH is 2. The van der Waals surface area contributed by atoms with Crippen molar-refractivity contribution >= 4 is 11.9 Å². The zero-order valence-corrected chi connectivity index (χ0v) is 12.2. The Morgan fingerprint density at radius 1 is 0.842 bits per heavy atom. The number of carbonyl (C=O) groups is 2. The zero-order valence-electron chi connectivity index (χ0n) is 12.2. The third-order valence-corrected chi connectivity index (χ3v) is 4.13. The summed E-state index contributed by atoms with van der Waals surface area (Å²) in [4.78, 5) is 23.5. The van der Waals surface area contributed by atoms with Gasteiger partial charge in [-0.3, -0.25) is 0 Å². The average molecular weight is 280 g/mol. The number of aliphatic hydroxyl groups is 2. The Balaban J connectivity index is 6.49. The Morgan fingerprint density at radius 3 is 1.16 bits per heavy atom. The maximum absolute atomic E-state index is 11.7. The van der Waals surface area contributed by atoms with E-state index in [9.17, 15) is 30.0 Å². The van der Waals surface area contributed by atoms with E-state index < -0.39 is 39.0 Å². The van der Waals surface area contributed by atoms with Gasteiger partial charge in [0.1, 0.15) is 0 Å². The Bertz CT molecular complexity index is 339. The Hall–Kier alpha value is -1.22. The number of quaternary nitrogens is 2. The smallest absolute Gasteiger partial charge is 0.439 e. The normalized spacial score (nSPS) is 16.8. The topological polar surface area (TPSA) is 115 Å². The molecule has 0 heterocycles. The highest BCUT2D eigenvalue weighted by Crippen LogP contribution is 2.34. The Kier molecular flexibility index (Phi) is 4.72. The van der Waals surface area contributed by atoms with E-state index in [-0.39, 0.29) is 0 Å². The molecule has 0 fully saturated rings. The summed E-state index contributed by atoms with van der Waals surface area (Å²) in [5.41, 5.74) is -2.46. The van der Waals surface area contributed by atoms with Crippen molar-refractivity contribution in [3.63, 3.8) is 0 Å². The molecule has 0 aromatic rings. The standard InChI is InChI=1S/C11H22N2O6/c1-7(14)12(3,4)11(9(16)17,10(18)19)13(5,6)8(2)15/h7-8,14-15H,1-6H3/p+2. The van der Waals surface area contributed by atoms with E-state index in [0.29, 0.717) is 0 Å². The third kappa shape index (κ3) is 2.20. The average Bonchev–Trinajstić information content (AvgIpc) is 2.14. The van der Waals surface area contributed by atoms with Gasteiger partial charge < -0.3 is 20.4 Å². The second-order valence-electron chi connectivity index (χ2n) is 5.63. The zero-order chi connectivity index (χ0) is 15.8. The molecule has 0 spiro atoms. The molecule has 0 saturated carbocycles. The molecule has 0 aromatic carbocycles. The lowest BCUT2D eigenvalue weighted by atomic mass is 10.00. The van der Waals surface area contributed by atoms with Crippen molar-refractivity contribution in [1.29, 1.82) is 0 Å². The van der Waals surface area contributed by atoms with Gasteiger partial charge in [-0.2, -0.15) is 0 Å².